The summed E-state index contributed by atoms with van der Waals surface area (Å²) in [6.07, 6.45) is 9.71. The topological polar surface area (TPSA) is 16.6 Å². The molecule has 0 aliphatic carbocycles. The number of nitrogens with two attached hydrogens (primary N) is 1. The van der Waals surface area contributed by atoms with Crippen LogP contribution in [0.1, 0.15) is 53.4 Å². The van der Waals surface area contributed by atoms with Crippen LogP contribution in [0.5, 0.6) is 0 Å². The highest BCUT2D eigenvalue weighted by molar-refractivity contribution is 5.05. The zero-order valence-electron chi connectivity index (χ0n) is 10.8. The summed E-state index contributed by atoms with van der Waals surface area (Å²) in [6.45, 7) is 10.4. The summed E-state index contributed by atoms with van der Waals surface area (Å²) < 4.78 is 0. The molecule has 0 aromatic heterocycles. The van der Waals surface area contributed by atoms with Crippen molar-refractivity contribution in [3.8, 4) is 0 Å². The van der Waals surface area contributed by atoms with Crippen LogP contribution in [0.15, 0.2) is 23.3 Å². The number of rotatable bonds is 0. The van der Waals surface area contributed by atoms with E-state index in [0.717, 1.165) is 0 Å². The highest BCUT2D eigenvalue weighted by Crippen LogP contribution is 2.13. The average Bonchev–Trinajstić information content (AvgIpc) is 2.15. The van der Waals surface area contributed by atoms with Gasteiger partial charge in [-0.3, -0.25) is 0 Å². The van der Waals surface area contributed by atoms with Gasteiger partial charge in [0.25, 0.3) is 0 Å². The number of quaternary nitrogens is 1. The normalized spacial score (nSPS) is 30.7. The van der Waals surface area contributed by atoms with Crippen molar-refractivity contribution in [2.24, 2.45) is 0 Å². The summed E-state index contributed by atoms with van der Waals surface area (Å²) in [5, 5.41) is 2.49. The van der Waals surface area contributed by atoms with E-state index < -0.39 is 0 Å². The molecule has 0 aromatic carbocycles. The van der Waals surface area contributed by atoms with Gasteiger partial charge < -0.3 is 5.32 Å². The molecule has 1 rings (SSSR count). The highest BCUT2D eigenvalue weighted by Gasteiger charge is 2.19. The van der Waals surface area contributed by atoms with Crippen LogP contribution in [-0.4, -0.2) is 12.1 Å². The number of hydrogen-bond acceptors (Lipinski definition) is 0. The molecule has 0 spiro atoms. The minimum absolute atomic E-state index is 0.367. The first kappa shape index (κ1) is 12.5. The van der Waals surface area contributed by atoms with E-state index in [1.807, 2.05) is 0 Å². The lowest BCUT2D eigenvalue weighted by molar-refractivity contribution is -0.719. The number of hydrogen-bond donors (Lipinski definition) is 1. The summed E-state index contributed by atoms with van der Waals surface area (Å²) in [6, 6.07) is 0. The molecular weight excluding hydrogens is 182 g/mol. The molecule has 1 aliphatic heterocycles. The predicted molar refractivity (Wildman–Crippen MR) is 66.9 cm³/mol. The van der Waals surface area contributed by atoms with Crippen LogP contribution in [0.25, 0.3) is 0 Å². The fraction of sp³-hybridized carbons (Fsp3) is 0.714. The largest absolute Gasteiger partial charge is 0.341 e. The standard InChI is InChI=1S/C14H25N/c1-12-6-5-7-13(2)9-11-15-14(3,4)10-8-12/h7-8,15H,5-6,9-11H2,1-4H3/p+1/b12-8+,13-7+. The molecule has 1 aliphatic rings. The van der Waals surface area contributed by atoms with Crippen LogP contribution < -0.4 is 5.32 Å². The molecule has 15 heavy (non-hydrogen) atoms. The Morgan fingerprint density at radius 2 is 1.73 bits per heavy atom. The highest BCUT2D eigenvalue weighted by atomic mass is 14.9. The van der Waals surface area contributed by atoms with E-state index in [1.54, 1.807) is 11.1 Å². The van der Waals surface area contributed by atoms with E-state index in [0.29, 0.717) is 5.54 Å². The number of allylic oxidation sites excluding steroid dienone is 2. The lowest BCUT2D eigenvalue weighted by Gasteiger charge is -2.21. The first-order chi connectivity index (χ1) is 6.99. The molecule has 86 valence electrons. The monoisotopic (exact) mass is 208 g/mol. The molecule has 0 saturated carbocycles. The maximum absolute atomic E-state index is 2.49. The fourth-order valence-electron chi connectivity index (χ4n) is 1.96. The molecule has 1 nitrogen and oxygen atoms in total. The molecule has 0 radical (unpaired) electrons. The van der Waals surface area contributed by atoms with Crippen LogP contribution in [0.3, 0.4) is 0 Å². The fourth-order valence-corrected chi connectivity index (χ4v) is 1.96. The molecule has 1 heterocycles. The van der Waals surface area contributed by atoms with Crippen molar-refractivity contribution in [2.45, 2.75) is 58.9 Å². The summed E-state index contributed by atoms with van der Waals surface area (Å²) in [5.41, 5.74) is 3.46. The van der Waals surface area contributed by atoms with Gasteiger partial charge in [0.1, 0.15) is 0 Å². The quantitative estimate of drug-likeness (QED) is 0.590. The smallest absolute Gasteiger partial charge is 0.0939 e. The third kappa shape index (κ3) is 5.17. The Morgan fingerprint density at radius 3 is 2.47 bits per heavy atom. The summed E-state index contributed by atoms with van der Waals surface area (Å²) in [4.78, 5) is 0. The van der Waals surface area contributed by atoms with Crippen molar-refractivity contribution in [3.63, 3.8) is 0 Å². The van der Waals surface area contributed by atoms with Gasteiger partial charge in [0.15, 0.2) is 0 Å². The predicted octanol–water partition coefficient (Wildman–Crippen LogP) is 2.80. The van der Waals surface area contributed by atoms with E-state index in [1.165, 1.54) is 32.2 Å². The second-order valence-corrected chi connectivity index (χ2v) is 5.58. The summed E-state index contributed by atoms with van der Waals surface area (Å²) in [7, 11) is 0. The first-order valence-electron chi connectivity index (χ1n) is 6.15. The van der Waals surface area contributed by atoms with Crippen LogP contribution in [0, 0.1) is 0 Å². The Balaban J connectivity index is 2.66. The maximum Gasteiger partial charge on any atom is 0.0939 e. The average molecular weight is 208 g/mol. The zero-order valence-corrected chi connectivity index (χ0v) is 10.8. The molecular formula is C14H26N+. The lowest BCUT2D eigenvalue weighted by Crippen LogP contribution is -2.95. The second kappa shape index (κ2) is 5.50. The Kier molecular flexibility index (Phi) is 4.59. The Morgan fingerprint density at radius 1 is 1.07 bits per heavy atom. The molecule has 2 N–H and O–H groups in total. The van der Waals surface area contributed by atoms with Crippen LogP contribution in [-0.2, 0) is 0 Å². The molecule has 0 bridgehead atoms. The van der Waals surface area contributed by atoms with Crippen molar-refractivity contribution in [1.82, 2.24) is 0 Å². The van der Waals surface area contributed by atoms with E-state index in [2.05, 4.69) is 45.2 Å². The third-order valence-corrected chi connectivity index (χ3v) is 3.24. The third-order valence-electron chi connectivity index (χ3n) is 3.24. The van der Waals surface area contributed by atoms with Gasteiger partial charge in [0, 0.05) is 12.8 Å². The van der Waals surface area contributed by atoms with Crippen molar-refractivity contribution in [1.29, 1.82) is 0 Å². The van der Waals surface area contributed by atoms with Gasteiger partial charge >= 0.3 is 0 Å². The second-order valence-electron chi connectivity index (χ2n) is 5.58. The SMILES string of the molecule is C/C1=C\CC(C)(C)[NH2+]CC/C(C)=C/CC1. The van der Waals surface area contributed by atoms with Crippen LogP contribution in [0.2, 0.25) is 0 Å². The minimum atomic E-state index is 0.367. The van der Waals surface area contributed by atoms with Crippen LogP contribution >= 0.6 is 0 Å². The molecule has 0 amide bonds. The van der Waals surface area contributed by atoms with Gasteiger partial charge in [-0.15, -0.1) is 0 Å². The maximum atomic E-state index is 2.49. The van der Waals surface area contributed by atoms with Gasteiger partial charge in [-0.05, 0) is 40.5 Å². The van der Waals surface area contributed by atoms with E-state index in [-0.39, 0.29) is 0 Å². The van der Waals surface area contributed by atoms with Crippen molar-refractivity contribution < 1.29 is 5.32 Å². The van der Waals surface area contributed by atoms with Crippen molar-refractivity contribution in [3.05, 3.63) is 23.3 Å². The van der Waals surface area contributed by atoms with Gasteiger partial charge in [-0.25, -0.2) is 0 Å². The van der Waals surface area contributed by atoms with Gasteiger partial charge in [-0.2, -0.15) is 0 Å². The minimum Gasteiger partial charge on any atom is -0.341 e. The Labute approximate surface area is 94.6 Å². The summed E-state index contributed by atoms with van der Waals surface area (Å²) in [5.74, 6) is 0. The van der Waals surface area contributed by atoms with Gasteiger partial charge in [0.2, 0.25) is 0 Å². The molecule has 1 heteroatoms. The van der Waals surface area contributed by atoms with E-state index >= 15 is 0 Å². The van der Waals surface area contributed by atoms with Gasteiger partial charge in [-0.1, -0.05) is 23.3 Å². The lowest BCUT2D eigenvalue weighted by atomic mass is 9.98. The van der Waals surface area contributed by atoms with Crippen molar-refractivity contribution in [2.75, 3.05) is 6.54 Å². The first-order valence-corrected chi connectivity index (χ1v) is 6.15. The molecule has 0 atom stereocenters. The Hall–Kier alpha value is -0.560. The van der Waals surface area contributed by atoms with Gasteiger partial charge in [0.05, 0.1) is 12.1 Å². The van der Waals surface area contributed by atoms with E-state index in [4.69, 9.17) is 0 Å². The molecule has 0 fully saturated rings. The van der Waals surface area contributed by atoms with E-state index in [9.17, 15) is 0 Å². The zero-order chi connectivity index (χ0) is 11.3. The molecule has 0 aromatic rings. The Bertz CT molecular complexity index is 259. The molecule has 0 unspecified atom stereocenters. The van der Waals surface area contributed by atoms with Crippen molar-refractivity contribution >= 4 is 0 Å². The molecule has 0 saturated heterocycles. The van der Waals surface area contributed by atoms with Crippen LogP contribution in [0.4, 0.5) is 0 Å². The summed E-state index contributed by atoms with van der Waals surface area (Å²) >= 11 is 0.